The van der Waals surface area contributed by atoms with Crippen molar-refractivity contribution >= 4 is 0 Å². The van der Waals surface area contributed by atoms with Crippen molar-refractivity contribution in [3.63, 3.8) is 0 Å². The van der Waals surface area contributed by atoms with Crippen molar-refractivity contribution in [2.24, 2.45) is 17.8 Å². The topological polar surface area (TPSA) is 18.5 Å². The van der Waals surface area contributed by atoms with Crippen LogP contribution in [-0.2, 0) is 6.42 Å². The zero-order valence-electron chi connectivity index (χ0n) is 21.4. The Balaban J connectivity index is 1.89. The molecule has 0 aromatic heterocycles. The van der Waals surface area contributed by atoms with E-state index in [4.69, 9.17) is 9.47 Å². The Labute approximate surface area is 187 Å². The fraction of sp³-hybridized carbons (Fsp3) is 0.786. The maximum Gasteiger partial charge on any atom is 0.127 e. The van der Waals surface area contributed by atoms with E-state index in [1.165, 1.54) is 60.8 Å². The minimum atomic E-state index is -0.0481. The highest BCUT2D eigenvalue weighted by atomic mass is 16.5. The third-order valence-electron chi connectivity index (χ3n) is 7.42. The first-order valence-electron chi connectivity index (χ1n) is 12.4. The summed E-state index contributed by atoms with van der Waals surface area (Å²) >= 11 is 0. The summed E-state index contributed by atoms with van der Waals surface area (Å²) in [5.41, 5.74) is 5.04. The molecule has 1 heterocycles. The molecule has 2 nitrogen and oxygen atoms in total. The highest BCUT2D eigenvalue weighted by Gasteiger charge is 2.35. The second-order valence-corrected chi connectivity index (χ2v) is 10.9. The van der Waals surface area contributed by atoms with Gasteiger partial charge in [0.15, 0.2) is 0 Å². The van der Waals surface area contributed by atoms with E-state index in [9.17, 15) is 0 Å². The van der Waals surface area contributed by atoms with Crippen molar-refractivity contribution in [2.75, 3.05) is 7.11 Å². The van der Waals surface area contributed by atoms with Gasteiger partial charge >= 0.3 is 0 Å². The third-order valence-corrected chi connectivity index (χ3v) is 7.42. The lowest BCUT2D eigenvalue weighted by Gasteiger charge is -2.39. The van der Waals surface area contributed by atoms with Gasteiger partial charge in [0, 0.05) is 5.56 Å². The normalized spacial score (nSPS) is 20.6. The van der Waals surface area contributed by atoms with E-state index in [-0.39, 0.29) is 5.60 Å². The zero-order valence-corrected chi connectivity index (χ0v) is 21.4. The van der Waals surface area contributed by atoms with Gasteiger partial charge in [0.05, 0.1) is 7.11 Å². The highest BCUT2D eigenvalue weighted by Crippen LogP contribution is 2.45. The fourth-order valence-corrected chi connectivity index (χ4v) is 5.40. The van der Waals surface area contributed by atoms with Gasteiger partial charge in [-0.2, -0.15) is 0 Å². The van der Waals surface area contributed by atoms with E-state index in [0.29, 0.717) is 5.92 Å². The second kappa shape index (κ2) is 10.9. The van der Waals surface area contributed by atoms with Crippen LogP contribution in [0.5, 0.6) is 11.5 Å². The maximum absolute atomic E-state index is 6.73. The molecule has 1 aromatic carbocycles. The van der Waals surface area contributed by atoms with Gasteiger partial charge in [-0.1, -0.05) is 66.2 Å². The van der Waals surface area contributed by atoms with Crippen molar-refractivity contribution in [1.82, 2.24) is 0 Å². The molecule has 1 aliphatic heterocycles. The molecule has 1 aliphatic rings. The molecular formula is C28H48O2. The number of benzene rings is 1. The standard InChI is InChI=1S/C28H48O2/c1-19(2)12-10-13-20(3)14-11-15-21(4)18-28(8)17-16-25-24(7)26(29-9)22(5)23(6)27(25)30-28/h19-21H,10-18H2,1-9H3/t20-,21-,28+/m1/s1. The molecule has 0 saturated heterocycles. The summed E-state index contributed by atoms with van der Waals surface area (Å²) in [4.78, 5) is 0. The van der Waals surface area contributed by atoms with Gasteiger partial charge in [-0.25, -0.2) is 0 Å². The van der Waals surface area contributed by atoms with Crippen molar-refractivity contribution in [1.29, 1.82) is 0 Å². The monoisotopic (exact) mass is 416 g/mol. The van der Waals surface area contributed by atoms with Crippen LogP contribution >= 0.6 is 0 Å². The predicted octanol–water partition coefficient (Wildman–Crippen LogP) is 8.36. The second-order valence-electron chi connectivity index (χ2n) is 10.9. The zero-order chi connectivity index (χ0) is 22.5. The molecule has 1 aromatic rings. The Morgan fingerprint density at radius 3 is 2.07 bits per heavy atom. The van der Waals surface area contributed by atoms with Crippen LogP contribution in [0.15, 0.2) is 0 Å². The van der Waals surface area contributed by atoms with Crippen molar-refractivity contribution < 1.29 is 9.47 Å². The van der Waals surface area contributed by atoms with Crippen molar-refractivity contribution in [3.05, 3.63) is 22.3 Å². The van der Waals surface area contributed by atoms with E-state index in [1.54, 1.807) is 7.11 Å². The van der Waals surface area contributed by atoms with E-state index in [0.717, 1.165) is 42.6 Å². The molecule has 2 rings (SSSR count). The molecule has 0 radical (unpaired) electrons. The summed E-state index contributed by atoms with van der Waals surface area (Å²) in [5.74, 6) is 4.59. The largest absolute Gasteiger partial charge is 0.496 e. The molecule has 172 valence electrons. The van der Waals surface area contributed by atoms with Gasteiger partial charge in [0.1, 0.15) is 17.1 Å². The van der Waals surface area contributed by atoms with Crippen LogP contribution < -0.4 is 9.47 Å². The van der Waals surface area contributed by atoms with Crippen molar-refractivity contribution in [3.8, 4) is 11.5 Å². The molecule has 0 saturated carbocycles. The predicted molar refractivity (Wildman–Crippen MR) is 130 cm³/mol. The van der Waals surface area contributed by atoms with Crippen LogP contribution in [0, 0.1) is 38.5 Å². The molecule has 0 N–H and O–H groups in total. The van der Waals surface area contributed by atoms with Gasteiger partial charge in [0.2, 0.25) is 0 Å². The summed E-state index contributed by atoms with van der Waals surface area (Å²) < 4.78 is 12.4. The molecule has 0 unspecified atom stereocenters. The lowest BCUT2D eigenvalue weighted by molar-refractivity contribution is 0.0389. The van der Waals surface area contributed by atoms with Gasteiger partial charge in [-0.15, -0.1) is 0 Å². The van der Waals surface area contributed by atoms with Crippen LogP contribution in [0.3, 0.4) is 0 Å². The molecule has 30 heavy (non-hydrogen) atoms. The SMILES string of the molecule is COc1c(C)c(C)c2c(c1C)CC[C@@](C)(C[C@H](C)CCC[C@H](C)CCCC(C)C)O2. The van der Waals surface area contributed by atoms with Gasteiger partial charge in [-0.3, -0.25) is 0 Å². The summed E-state index contributed by atoms with van der Waals surface area (Å²) in [5, 5.41) is 0. The lowest BCUT2D eigenvalue weighted by Crippen LogP contribution is -2.38. The minimum absolute atomic E-state index is 0.0481. The smallest absolute Gasteiger partial charge is 0.127 e. The molecule has 2 heteroatoms. The maximum atomic E-state index is 6.73. The Hall–Kier alpha value is -1.18. The Kier molecular flexibility index (Phi) is 9.13. The highest BCUT2D eigenvalue weighted by molar-refractivity contribution is 5.58. The van der Waals surface area contributed by atoms with Crippen LogP contribution in [0.2, 0.25) is 0 Å². The molecule has 3 atom stereocenters. The van der Waals surface area contributed by atoms with Gasteiger partial charge < -0.3 is 9.47 Å². The summed E-state index contributed by atoms with van der Waals surface area (Å²) in [6.45, 7) is 18.4. The van der Waals surface area contributed by atoms with Crippen LogP contribution in [0.4, 0.5) is 0 Å². The Morgan fingerprint density at radius 2 is 1.47 bits per heavy atom. The molecule has 0 bridgehead atoms. The third kappa shape index (κ3) is 6.41. The first-order chi connectivity index (χ1) is 14.1. The first kappa shape index (κ1) is 25.1. The lowest BCUT2D eigenvalue weighted by atomic mass is 9.81. The Bertz CT molecular complexity index is 691. The van der Waals surface area contributed by atoms with E-state index in [2.05, 4.69) is 55.4 Å². The van der Waals surface area contributed by atoms with Gasteiger partial charge in [0.25, 0.3) is 0 Å². The molecule has 0 aliphatic carbocycles. The number of fused-ring (bicyclic) bond motifs is 1. The van der Waals surface area contributed by atoms with Crippen LogP contribution in [0.25, 0.3) is 0 Å². The number of hydrogen-bond acceptors (Lipinski definition) is 2. The molecule has 0 spiro atoms. The summed E-state index contributed by atoms with van der Waals surface area (Å²) in [6, 6.07) is 0. The quantitative estimate of drug-likeness (QED) is 0.361. The Morgan fingerprint density at radius 1 is 0.867 bits per heavy atom. The fourth-order valence-electron chi connectivity index (χ4n) is 5.40. The molecule has 0 fully saturated rings. The number of methoxy groups -OCH3 is 1. The van der Waals surface area contributed by atoms with Crippen LogP contribution in [0.1, 0.15) is 108 Å². The summed E-state index contributed by atoms with van der Waals surface area (Å²) in [7, 11) is 1.78. The molecule has 0 amide bonds. The van der Waals surface area contributed by atoms with Gasteiger partial charge in [-0.05, 0) is 81.4 Å². The summed E-state index contributed by atoms with van der Waals surface area (Å²) in [6.07, 6.45) is 11.6. The average Bonchev–Trinajstić information content (AvgIpc) is 2.66. The number of hydrogen-bond donors (Lipinski definition) is 0. The van der Waals surface area contributed by atoms with Crippen molar-refractivity contribution in [2.45, 2.75) is 119 Å². The number of rotatable bonds is 11. The minimum Gasteiger partial charge on any atom is -0.496 e. The first-order valence-corrected chi connectivity index (χ1v) is 12.4. The van der Waals surface area contributed by atoms with E-state index in [1.807, 2.05) is 0 Å². The average molecular weight is 417 g/mol. The van der Waals surface area contributed by atoms with E-state index < -0.39 is 0 Å². The van der Waals surface area contributed by atoms with Crippen LogP contribution in [-0.4, -0.2) is 12.7 Å². The number of ether oxygens (including phenoxy) is 2. The van der Waals surface area contributed by atoms with E-state index >= 15 is 0 Å². The molecular weight excluding hydrogens is 368 g/mol.